The van der Waals surface area contributed by atoms with Crippen LogP contribution >= 0.6 is 0 Å². The summed E-state index contributed by atoms with van der Waals surface area (Å²) >= 11 is 0. The molecule has 0 bridgehead atoms. The van der Waals surface area contributed by atoms with E-state index in [0.717, 1.165) is 19.4 Å². The number of hydrogen-bond acceptors (Lipinski definition) is 3. The van der Waals surface area contributed by atoms with E-state index >= 15 is 0 Å². The van der Waals surface area contributed by atoms with Gasteiger partial charge in [0, 0.05) is 13.6 Å². The molecule has 0 radical (unpaired) electrons. The molecule has 0 fully saturated rings. The second-order valence-electron chi connectivity index (χ2n) is 4.28. The van der Waals surface area contributed by atoms with Crippen LogP contribution in [-0.2, 0) is 10.0 Å². The Labute approximate surface area is 94.1 Å². The summed E-state index contributed by atoms with van der Waals surface area (Å²) < 4.78 is 24.9. The summed E-state index contributed by atoms with van der Waals surface area (Å²) in [6, 6.07) is 0. The van der Waals surface area contributed by atoms with E-state index in [-0.39, 0.29) is 5.75 Å². The highest BCUT2D eigenvalue weighted by molar-refractivity contribution is 7.89. The average Bonchev–Trinajstić information content (AvgIpc) is 2.15. The van der Waals surface area contributed by atoms with Crippen molar-refractivity contribution in [2.45, 2.75) is 26.7 Å². The van der Waals surface area contributed by atoms with Gasteiger partial charge in [-0.3, -0.25) is 0 Å². The lowest BCUT2D eigenvalue weighted by Gasteiger charge is -2.17. The molecular formula is C10H24N2O2S. The molecule has 92 valence electrons. The zero-order valence-electron chi connectivity index (χ0n) is 10.3. The minimum absolute atomic E-state index is 0.265. The van der Waals surface area contributed by atoms with Crippen LogP contribution in [0.4, 0.5) is 0 Å². The Morgan fingerprint density at radius 3 is 2.40 bits per heavy atom. The standard InChI is InChI=1S/C10H24N2O2S/c1-10(2)6-9-15(13,14)12(4)8-5-7-11-3/h10-11H,5-9H2,1-4H3. The van der Waals surface area contributed by atoms with Crippen molar-refractivity contribution in [1.29, 1.82) is 0 Å². The van der Waals surface area contributed by atoms with Gasteiger partial charge < -0.3 is 5.32 Å². The molecular weight excluding hydrogens is 212 g/mol. The first-order valence-corrected chi connectivity index (χ1v) is 7.09. The van der Waals surface area contributed by atoms with Crippen molar-refractivity contribution in [3.05, 3.63) is 0 Å². The van der Waals surface area contributed by atoms with Crippen molar-refractivity contribution in [3.8, 4) is 0 Å². The predicted molar refractivity (Wildman–Crippen MR) is 64.4 cm³/mol. The van der Waals surface area contributed by atoms with Crippen LogP contribution in [-0.4, -0.2) is 45.7 Å². The minimum Gasteiger partial charge on any atom is -0.320 e. The molecule has 4 nitrogen and oxygen atoms in total. The number of rotatable bonds is 8. The molecule has 0 saturated carbocycles. The van der Waals surface area contributed by atoms with E-state index in [4.69, 9.17) is 0 Å². The molecule has 0 rings (SSSR count). The van der Waals surface area contributed by atoms with Crippen LogP contribution in [0, 0.1) is 5.92 Å². The van der Waals surface area contributed by atoms with Gasteiger partial charge in [-0.05, 0) is 32.4 Å². The van der Waals surface area contributed by atoms with Crippen LogP contribution < -0.4 is 5.32 Å². The van der Waals surface area contributed by atoms with Crippen molar-refractivity contribution < 1.29 is 8.42 Å². The maximum Gasteiger partial charge on any atom is 0.213 e. The van der Waals surface area contributed by atoms with Crippen LogP contribution in [0.15, 0.2) is 0 Å². The second kappa shape index (κ2) is 7.19. The molecule has 5 heteroatoms. The first kappa shape index (κ1) is 14.9. The van der Waals surface area contributed by atoms with Crippen molar-refractivity contribution >= 4 is 10.0 Å². The summed E-state index contributed by atoms with van der Waals surface area (Å²) in [5.41, 5.74) is 0. The van der Waals surface area contributed by atoms with Gasteiger partial charge in [-0.15, -0.1) is 0 Å². The number of hydrogen-bond donors (Lipinski definition) is 1. The maximum atomic E-state index is 11.7. The van der Waals surface area contributed by atoms with Crippen molar-refractivity contribution in [2.24, 2.45) is 5.92 Å². The summed E-state index contributed by atoms with van der Waals surface area (Å²) in [5, 5.41) is 3.00. The molecule has 1 N–H and O–H groups in total. The monoisotopic (exact) mass is 236 g/mol. The first-order valence-electron chi connectivity index (χ1n) is 5.48. The van der Waals surface area contributed by atoms with E-state index in [1.54, 1.807) is 7.05 Å². The Morgan fingerprint density at radius 2 is 1.93 bits per heavy atom. The lowest BCUT2D eigenvalue weighted by Crippen LogP contribution is -2.31. The first-order chi connectivity index (χ1) is 6.90. The second-order valence-corrected chi connectivity index (χ2v) is 6.47. The molecule has 15 heavy (non-hydrogen) atoms. The summed E-state index contributed by atoms with van der Waals surface area (Å²) in [6.45, 7) is 5.53. The van der Waals surface area contributed by atoms with Gasteiger partial charge in [0.1, 0.15) is 0 Å². The molecule has 0 aromatic heterocycles. The number of nitrogens with zero attached hydrogens (tertiary/aromatic N) is 1. The van der Waals surface area contributed by atoms with E-state index in [9.17, 15) is 8.42 Å². The lowest BCUT2D eigenvalue weighted by atomic mass is 10.2. The Morgan fingerprint density at radius 1 is 1.33 bits per heavy atom. The molecule has 0 saturated heterocycles. The summed E-state index contributed by atoms with van der Waals surface area (Å²) in [4.78, 5) is 0. The predicted octanol–water partition coefficient (Wildman–Crippen LogP) is 0.904. The van der Waals surface area contributed by atoms with Gasteiger partial charge in [0.15, 0.2) is 0 Å². The third-order valence-electron chi connectivity index (χ3n) is 2.33. The highest BCUT2D eigenvalue weighted by atomic mass is 32.2. The third-order valence-corrected chi connectivity index (χ3v) is 4.21. The molecule has 0 aliphatic carbocycles. The summed E-state index contributed by atoms with van der Waals surface area (Å²) in [5.74, 6) is 0.700. The SMILES string of the molecule is CNCCCN(C)S(=O)(=O)CCC(C)C. The zero-order chi connectivity index (χ0) is 11.9. The molecule has 0 unspecified atom stereocenters. The van der Waals surface area contributed by atoms with Crippen molar-refractivity contribution in [3.63, 3.8) is 0 Å². The van der Waals surface area contributed by atoms with Crippen LogP contribution in [0.2, 0.25) is 0 Å². The van der Waals surface area contributed by atoms with Crippen LogP contribution in [0.5, 0.6) is 0 Å². The van der Waals surface area contributed by atoms with Crippen molar-refractivity contribution in [1.82, 2.24) is 9.62 Å². The normalized spacial score (nSPS) is 12.7. The van der Waals surface area contributed by atoms with Gasteiger partial charge in [-0.1, -0.05) is 13.8 Å². The van der Waals surface area contributed by atoms with Crippen LogP contribution in [0.1, 0.15) is 26.7 Å². The highest BCUT2D eigenvalue weighted by Gasteiger charge is 2.17. The molecule has 0 aliphatic heterocycles. The molecule has 0 aromatic rings. The Balaban J connectivity index is 3.97. The number of nitrogens with one attached hydrogen (secondary N) is 1. The van der Waals surface area contributed by atoms with Gasteiger partial charge in [0.25, 0.3) is 0 Å². The Kier molecular flexibility index (Phi) is 7.13. The smallest absolute Gasteiger partial charge is 0.213 e. The van der Waals surface area contributed by atoms with Gasteiger partial charge >= 0.3 is 0 Å². The van der Waals surface area contributed by atoms with E-state index in [0.29, 0.717) is 12.5 Å². The summed E-state index contributed by atoms with van der Waals surface area (Å²) in [7, 11) is 0.496. The maximum absolute atomic E-state index is 11.7. The molecule has 0 aliphatic rings. The van der Waals surface area contributed by atoms with Gasteiger partial charge in [-0.25, -0.2) is 12.7 Å². The van der Waals surface area contributed by atoms with E-state index in [1.165, 1.54) is 4.31 Å². The van der Waals surface area contributed by atoms with Crippen LogP contribution in [0.3, 0.4) is 0 Å². The van der Waals surface area contributed by atoms with Gasteiger partial charge in [0.05, 0.1) is 5.75 Å². The molecule has 0 amide bonds. The fourth-order valence-corrected chi connectivity index (χ4v) is 2.65. The quantitative estimate of drug-likeness (QED) is 0.637. The van der Waals surface area contributed by atoms with E-state index in [2.05, 4.69) is 5.32 Å². The van der Waals surface area contributed by atoms with Crippen molar-refractivity contribution in [2.75, 3.05) is 32.9 Å². The number of sulfonamides is 1. The fourth-order valence-electron chi connectivity index (χ4n) is 1.16. The molecule has 0 heterocycles. The average molecular weight is 236 g/mol. The Bertz CT molecular complexity index is 250. The minimum atomic E-state index is -3.03. The van der Waals surface area contributed by atoms with Gasteiger partial charge in [0.2, 0.25) is 10.0 Å². The van der Waals surface area contributed by atoms with E-state index < -0.39 is 10.0 Å². The lowest BCUT2D eigenvalue weighted by molar-refractivity contribution is 0.453. The third kappa shape index (κ3) is 6.87. The Hall–Kier alpha value is -0.130. The van der Waals surface area contributed by atoms with Crippen LogP contribution in [0.25, 0.3) is 0 Å². The zero-order valence-corrected chi connectivity index (χ0v) is 11.1. The topological polar surface area (TPSA) is 49.4 Å². The van der Waals surface area contributed by atoms with Gasteiger partial charge in [-0.2, -0.15) is 0 Å². The fraction of sp³-hybridized carbons (Fsp3) is 1.00. The largest absolute Gasteiger partial charge is 0.320 e. The summed E-state index contributed by atoms with van der Waals surface area (Å²) in [6.07, 6.45) is 1.59. The molecule has 0 spiro atoms. The highest BCUT2D eigenvalue weighted by Crippen LogP contribution is 2.06. The van der Waals surface area contributed by atoms with E-state index in [1.807, 2.05) is 20.9 Å². The molecule has 0 aromatic carbocycles. The molecule has 0 atom stereocenters.